The molecule has 1 aromatic heterocycles. The second kappa shape index (κ2) is 8.21. The van der Waals surface area contributed by atoms with Crippen molar-refractivity contribution in [3.8, 4) is 11.5 Å². The van der Waals surface area contributed by atoms with E-state index in [0.29, 0.717) is 29.0 Å². The van der Waals surface area contributed by atoms with Crippen LogP contribution in [-0.2, 0) is 25.8 Å². The van der Waals surface area contributed by atoms with Crippen LogP contribution >= 0.6 is 0 Å². The summed E-state index contributed by atoms with van der Waals surface area (Å²) in [6.07, 6.45) is 2.99. The summed E-state index contributed by atoms with van der Waals surface area (Å²) in [5.41, 5.74) is 3.23. The number of ether oxygens (including phenoxy) is 2. The predicted octanol–water partition coefficient (Wildman–Crippen LogP) is 4.15. The van der Waals surface area contributed by atoms with Crippen molar-refractivity contribution < 1.29 is 22.7 Å². The van der Waals surface area contributed by atoms with Crippen molar-refractivity contribution in [2.75, 3.05) is 12.9 Å². The Labute approximate surface area is 170 Å². The van der Waals surface area contributed by atoms with Gasteiger partial charge in [-0.25, -0.2) is 8.42 Å². The summed E-state index contributed by atoms with van der Waals surface area (Å²) in [5.74, 6) is 0.910. The largest absolute Gasteiger partial charge is 0.466 e. The van der Waals surface area contributed by atoms with Crippen molar-refractivity contribution in [1.82, 2.24) is 4.98 Å². The quantitative estimate of drug-likeness (QED) is 0.565. The first-order valence-electron chi connectivity index (χ1n) is 9.21. The Bertz CT molecular complexity index is 1160. The minimum Gasteiger partial charge on any atom is -0.466 e. The van der Waals surface area contributed by atoms with Crippen molar-refractivity contribution in [3.63, 3.8) is 0 Å². The van der Waals surface area contributed by atoms with Crippen molar-refractivity contribution in [2.24, 2.45) is 0 Å². The number of sulfone groups is 1. The standard InChI is InChI=1S/C22H23NO5S/c1-5-27-21(24)12-16-10-14(2)22(15(3)11-16)28-20-8-9-23-19-7-6-17(13-18(19)20)29(4,25)26/h6-11,13H,5,12H2,1-4H3. The molecular weight excluding hydrogens is 390 g/mol. The first kappa shape index (κ1) is 20.8. The number of benzene rings is 2. The molecule has 3 rings (SSSR count). The molecule has 0 saturated heterocycles. The highest BCUT2D eigenvalue weighted by Crippen LogP contribution is 2.34. The molecule has 2 aromatic carbocycles. The van der Waals surface area contributed by atoms with E-state index in [0.717, 1.165) is 16.7 Å². The number of aryl methyl sites for hydroxylation is 2. The Morgan fingerprint density at radius 2 is 1.76 bits per heavy atom. The molecule has 0 aliphatic rings. The van der Waals surface area contributed by atoms with Gasteiger partial charge in [0.05, 0.1) is 23.4 Å². The van der Waals surface area contributed by atoms with Crippen LogP contribution < -0.4 is 4.74 Å². The molecule has 0 fully saturated rings. The van der Waals surface area contributed by atoms with E-state index in [1.165, 1.54) is 12.3 Å². The number of aromatic nitrogens is 1. The predicted molar refractivity (Wildman–Crippen MR) is 111 cm³/mol. The summed E-state index contributed by atoms with van der Waals surface area (Å²) in [7, 11) is -3.35. The minimum atomic E-state index is -3.35. The number of hydrogen-bond donors (Lipinski definition) is 0. The smallest absolute Gasteiger partial charge is 0.310 e. The lowest BCUT2D eigenvalue weighted by atomic mass is 10.0. The molecule has 152 valence electrons. The molecule has 0 saturated carbocycles. The van der Waals surface area contributed by atoms with Crippen LogP contribution in [0.25, 0.3) is 10.9 Å². The van der Waals surface area contributed by atoms with Crippen molar-refractivity contribution in [2.45, 2.75) is 32.1 Å². The molecule has 29 heavy (non-hydrogen) atoms. The molecule has 0 aliphatic carbocycles. The van der Waals surface area contributed by atoms with E-state index in [4.69, 9.17) is 9.47 Å². The number of fused-ring (bicyclic) bond motifs is 1. The van der Waals surface area contributed by atoms with Crippen molar-refractivity contribution >= 4 is 26.7 Å². The Morgan fingerprint density at radius 1 is 1.07 bits per heavy atom. The number of pyridine rings is 1. The summed E-state index contributed by atoms with van der Waals surface area (Å²) in [5, 5.41) is 0.616. The highest BCUT2D eigenvalue weighted by atomic mass is 32.2. The molecule has 3 aromatic rings. The lowest BCUT2D eigenvalue weighted by Gasteiger charge is -2.15. The average molecular weight is 413 g/mol. The van der Waals surface area contributed by atoms with E-state index in [1.807, 2.05) is 26.0 Å². The van der Waals surface area contributed by atoms with E-state index in [9.17, 15) is 13.2 Å². The second-order valence-electron chi connectivity index (χ2n) is 6.90. The molecule has 0 aliphatic heterocycles. The van der Waals surface area contributed by atoms with Crippen LogP contribution in [0.1, 0.15) is 23.6 Å². The molecule has 0 spiro atoms. The van der Waals surface area contributed by atoms with Gasteiger partial charge in [0.1, 0.15) is 11.5 Å². The van der Waals surface area contributed by atoms with Gasteiger partial charge in [-0.3, -0.25) is 9.78 Å². The zero-order valence-electron chi connectivity index (χ0n) is 16.9. The van der Waals surface area contributed by atoms with Gasteiger partial charge in [-0.05, 0) is 61.7 Å². The van der Waals surface area contributed by atoms with E-state index < -0.39 is 9.84 Å². The third-order valence-corrected chi connectivity index (χ3v) is 5.60. The molecular formula is C22H23NO5S. The van der Waals surface area contributed by atoms with E-state index in [2.05, 4.69) is 4.98 Å². The van der Waals surface area contributed by atoms with Gasteiger partial charge in [0.25, 0.3) is 0 Å². The van der Waals surface area contributed by atoms with Crippen molar-refractivity contribution in [1.29, 1.82) is 0 Å². The van der Waals surface area contributed by atoms with E-state index in [1.54, 1.807) is 31.3 Å². The first-order chi connectivity index (χ1) is 13.7. The van der Waals surface area contributed by atoms with Crippen LogP contribution in [-0.4, -0.2) is 32.2 Å². The zero-order chi connectivity index (χ0) is 21.2. The highest BCUT2D eigenvalue weighted by molar-refractivity contribution is 7.90. The number of rotatable bonds is 6. The maximum atomic E-state index is 11.9. The van der Waals surface area contributed by atoms with Crippen LogP contribution in [0.15, 0.2) is 47.5 Å². The van der Waals surface area contributed by atoms with Gasteiger partial charge in [-0.1, -0.05) is 12.1 Å². The molecule has 6 nitrogen and oxygen atoms in total. The molecule has 0 unspecified atom stereocenters. The molecule has 0 amide bonds. The van der Waals surface area contributed by atoms with Crippen LogP contribution in [0.5, 0.6) is 11.5 Å². The molecule has 7 heteroatoms. The van der Waals surface area contributed by atoms with Gasteiger partial charge in [0, 0.05) is 17.8 Å². The van der Waals surface area contributed by atoms with Gasteiger partial charge >= 0.3 is 5.97 Å². The second-order valence-corrected chi connectivity index (χ2v) is 8.92. The Morgan fingerprint density at radius 3 is 2.38 bits per heavy atom. The fourth-order valence-corrected chi connectivity index (χ4v) is 3.86. The SMILES string of the molecule is CCOC(=O)Cc1cc(C)c(Oc2ccnc3ccc(S(C)(=O)=O)cc23)c(C)c1. The van der Waals surface area contributed by atoms with Gasteiger partial charge < -0.3 is 9.47 Å². The Hall–Kier alpha value is -2.93. The van der Waals surface area contributed by atoms with Crippen LogP contribution in [0.4, 0.5) is 0 Å². The Kier molecular flexibility index (Phi) is 5.88. The Balaban J connectivity index is 1.99. The maximum Gasteiger partial charge on any atom is 0.310 e. The molecule has 1 heterocycles. The fraction of sp³-hybridized carbons (Fsp3) is 0.273. The monoisotopic (exact) mass is 413 g/mol. The summed E-state index contributed by atoms with van der Waals surface area (Å²) in [6, 6.07) is 10.3. The van der Waals surface area contributed by atoms with Gasteiger partial charge in [-0.15, -0.1) is 0 Å². The third-order valence-electron chi connectivity index (χ3n) is 4.49. The zero-order valence-corrected chi connectivity index (χ0v) is 17.7. The molecule has 0 N–H and O–H groups in total. The molecule has 0 bridgehead atoms. The first-order valence-corrected chi connectivity index (χ1v) is 11.1. The fourth-order valence-electron chi connectivity index (χ4n) is 3.21. The van der Waals surface area contributed by atoms with Crippen LogP contribution in [0, 0.1) is 13.8 Å². The summed E-state index contributed by atoms with van der Waals surface area (Å²) in [6.45, 7) is 5.94. The van der Waals surface area contributed by atoms with Gasteiger partial charge in [-0.2, -0.15) is 0 Å². The van der Waals surface area contributed by atoms with Gasteiger partial charge in [0.2, 0.25) is 0 Å². The highest BCUT2D eigenvalue weighted by Gasteiger charge is 2.14. The lowest BCUT2D eigenvalue weighted by Crippen LogP contribution is -2.08. The number of carbonyl (C=O) groups is 1. The minimum absolute atomic E-state index is 0.200. The van der Waals surface area contributed by atoms with Crippen molar-refractivity contribution in [3.05, 3.63) is 59.3 Å². The normalized spacial score (nSPS) is 11.4. The summed E-state index contributed by atoms with van der Waals surface area (Å²) in [4.78, 5) is 16.3. The number of carbonyl (C=O) groups excluding carboxylic acids is 1. The molecule has 0 atom stereocenters. The van der Waals surface area contributed by atoms with Gasteiger partial charge in [0.15, 0.2) is 9.84 Å². The summed E-state index contributed by atoms with van der Waals surface area (Å²) < 4.78 is 35.0. The van der Waals surface area contributed by atoms with Crippen LogP contribution in [0.2, 0.25) is 0 Å². The average Bonchev–Trinajstić information content (AvgIpc) is 2.63. The maximum absolute atomic E-state index is 11.9. The summed E-state index contributed by atoms with van der Waals surface area (Å²) >= 11 is 0. The number of esters is 1. The van der Waals surface area contributed by atoms with E-state index in [-0.39, 0.29) is 17.3 Å². The third kappa shape index (κ3) is 4.74. The molecule has 0 radical (unpaired) electrons. The topological polar surface area (TPSA) is 82.6 Å². The van der Waals surface area contributed by atoms with Crippen LogP contribution in [0.3, 0.4) is 0 Å². The lowest BCUT2D eigenvalue weighted by molar-refractivity contribution is -0.142. The van der Waals surface area contributed by atoms with E-state index >= 15 is 0 Å². The number of hydrogen-bond acceptors (Lipinski definition) is 6. The number of nitrogens with zero attached hydrogens (tertiary/aromatic N) is 1.